The molecule has 1 aromatic heterocycles. The number of fused-ring (bicyclic) bond motifs is 1. The molecule has 0 aliphatic heterocycles. The maximum absolute atomic E-state index is 12.3. The Morgan fingerprint density at radius 3 is 2.81 bits per heavy atom. The lowest BCUT2D eigenvalue weighted by Crippen LogP contribution is -2.16. The van der Waals surface area contributed by atoms with E-state index in [0.717, 1.165) is 20.7 Å². The lowest BCUT2D eigenvalue weighted by molar-refractivity contribution is -0.117. The number of nitrogens with zero attached hydrogens (tertiary/aromatic N) is 2. The summed E-state index contributed by atoms with van der Waals surface area (Å²) in [6.07, 6.45) is 2.21. The first kappa shape index (κ1) is 19.0. The quantitative estimate of drug-likeness (QED) is 0.405. The number of amides is 1. The number of hydrogen-bond donors (Lipinski definition) is 0. The molecule has 3 rings (SSSR count). The highest BCUT2D eigenvalue weighted by Gasteiger charge is 2.11. The van der Waals surface area contributed by atoms with Gasteiger partial charge >= 0.3 is 0 Å². The fourth-order valence-corrected chi connectivity index (χ4v) is 4.77. The highest BCUT2D eigenvalue weighted by atomic mass is 35.5. The summed E-state index contributed by atoms with van der Waals surface area (Å²) in [5, 5.41) is 0.713. The van der Waals surface area contributed by atoms with E-state index in [2.05, 4.69) is 11.6 Å². The predicted molar refractivity (Wildman–Crippen MR) is 112 cm³/mol. The summed E-state index contributed by atoms with van der Waals surface area (Å²) in [5.74, 6) is 0.602. The third kappa shape index (κ3) is 4.29. The first-order valence-electron chi connectivity index (χ1n) is 8.25. The van der Waals surface area contributed by atoms with Gasteiger partial charge in [0, 0.05) is 28.6 Å². The van der Waals surface area contributed by atoms with E-state index in [4.69, 9.17) is 11.6 Å². The molecule has 0 fully saturated rings. The minimum Gasteiger partial charge on any atom is -0.312 e. The minimum absolute atomic E-state index is 0.110. The Morgan fingerprint density at radius 1 is 1.31 bits per heavy atom. The molecule has 0 radical (unpaired) electrons. The number of halogens is 1. The maximum Gasteiger partial charge on any atom is 0.249 e. The zero-order valence-electron chi connectivity index (χ0n) is 14.4. The Kier molecular flexibility index (Phi) is 6.35. The maximum atomic E-state index is 12.3. The van der Waals surface area contributed by atoms with Gasteiger partial charge in [-0.15, -0.1) is 18.3 Å². The lowest BCUT2D eigenvalue weighted by Gasteiger charge is -2.05. The second-order valence-electron chi connectivity index (χ2n) is 5.72. The molecule has 0 aliphatic rings. The number of carbonyl (C=O) groups is 1. The van der Waals surface area contributed by atoms with Crippen LogP contribution in [0, 0.1) is 6.92 Å². The van der Waals surface area contributed by atoms with E-state index in [1.807, 2.05) is 54.0 Å². The Labute approximate surface area is 166 Å². The zero-order chi connectivity index (χ0) is 18.5. The normalized spacial score (nSPS) is 11.8. The van der Waals surface area contributed by atoms with E-state index in [-0.39, 0.29) is 5.91 Å². The molecule has 0 aliphatic carbocycles. The molecular weight excluding hydrogens is 384 g/mol. The van der Waals surface area contributed by atoms with Gasteiger partial charge in [0.1, 0.15) is 0 Å². The molecule has 0 saturated carbocycles. The van der Waals surface area contributed by atoms with Gasteiger partial charge in [0.05, 0.1) is 10.2 Å². The van der Waals surface area contributed by atoms with Gasteiger partial charge in [-0.2, -0.15) is 4.99 Å². The van der Waals surface area contributed by atoms with Crippen LogP contribution in [-0.2, 0) is 11.3 Å². The van der Waals surface area contributed by atoms with Crippen LogP contribution in [0.3, 0.4) is 0 Å². The first-order valence-corrected chi connectivity index (χ1v) is 10.4. The number of allylic oxidation sites excluding steroid dienone is 1. The Morgan fingerprint density at radius 2 is 2.08 bits per heavy atom. The largest absolute Gasteiger partial charge is 0.312 e. The van der Waals surface area contributed by atoms with Gasteiger partial charge in [-0.1, -0.05) is 47.2 Å². The Bertz CT molecular complexity index is 1010. The Hall–Kier alpha value is -1.82. The van der Waals surface area contributed by atoms with Gasteiger partial charge in [0.2, 0.25) is 5.91 Å². The van der Waals surface area contributed by atoms with Crippen LogP contribution in [0.25, 0.3) is 10.2 Å². The zero-order valence-corrected chi connectivity index (χ0v) is 16.8. The highest BCUT2D eigenvalue weighted by molar-refractivity contribution is 7.99. The van der Waals surface area contributed by atoms with E-state index in [9.17, 15) is 4.79 Å². The number of benzene rings is 2. The molecule has 3 nitrogen and oxygen atoms in total. The van der Waals surface area contributed by atoms with Gasteiger partial charge < -0.3 is 4.57 Å². The molecule has 1 heterocycles. The molecule has 0 unspecified atom stereocenters. The van der Waals surface area contributed by atoms with Crippen molar-refractivity contribution in [3.05, 3.63) is 70.5 Å². The van der Waals surface area contributed by atoms with Crippen molar-refractivity contribution in [3.63, 3.8) is 0 Å². The van der Waals surface area contributed by atoms with Gasteiger partial charge in [0.15, 0.2) is 4.80 Å². The van der Waals surface area contributed by atoms with Crippen molar-refractivity contribution in [2.24, 2.45) is 4.99 Å². The van der Waals surface area contributed by atoms with E-state index >= 15 is 0 Å². The number of aryl methyl sites for hydroxylation is 1. The summed E-state index contributed by atoms with van der Waals surface area (Å²) in [7, 11) is 0. The van der Waals surface area contributed by atoms with Gasteiger partial charge in [-0.25, -0.2) is 0 Å². The molecule has 0 N–H and O–H groups in total. The van der Waals surface area contributed by atoms with Crippen LogP contribution in [-0.4, -0.2) is 16.2 Å². The lowest BCUT2D eigenvalue weighted by atomic mass is 10.2. The van der Waals surface area contributed by atoms with Crippen molar-refractivity contribution in [2.75, 3.05) is 5.75 Å². The van der Waals surface area contributed by atoms with Crippen molar-refractivity contribution in [3.8, 4) is 0 Å². The number of rotatable bonds is 6. The molecule has 134 valence electrons. The van der Waals surface area contributed by atoms with Gasteiger partial charge in [0.25, 0.3) is 0 Å². The molecule has 3 aromatic rings. The van der Waals surface area contributed by atoms with Crippen molar-refractivity contribution < 1.29 is 4.79 Å². The monoisotopic (exact) mass is 402 g/mol. The molecule has 0 spiro atoms. The average Bonchev–Trinajstić information content (AvgIpc) is 2.97. The molecule has 0 atom stereocenters. The summed E-state index contributed by atoms with van der Waals surface area (Å²) >= 11 is 9.44. The molecule has 0 bridgehead atoms. The summed E-state index contributed by atoms with van der Waals surface area (Å²) in [5.41, 5.74) is 2.02. The van der Waals surface area contributed by atoms with Gasteiger partial charge in [-0.3, -0.25) is 4.79 Å². The summed E-state index contributed by atoms with van der Waals surface area (Å²) in [6, 6.07) is 13.9. The topological polar surface area (TPSA) is 34.4 Å². The summed E-state index contributed by atoms with van der Waals surface area (Å²) in [4.78, 5) is 18.6. The van der Waals surface area contributed by atoms with Crippen molar-refractivity contribution in [1.29, 1.82) is 0 Å². The van der Waals surface area contributed by atoms with E-state index in [1.165, 1.54) is 11.3 Å². The average molecular weight is 403 g/mol. The summed E-state index contributed by atoms with van der Waals surface area (Å²) < 4.78 is 3.08. The standard InChI is InChI=1S/C20H19ClN2OS2/c1-3-12-23-19-14(2)16(21)9-10-17(19)26-20(23)22-18(24)11-13-25-15-7-5-4-6-8-15/h3-10H,1,11-13H2,2H3. The molecular formula is C20H19ClN2OS2. The van der Waals surface area contributed by atoms with Crippen LogP contribution < -0.4 is 4.80 Å². The van der Waals surface area contributed by atoms with Crippen molar-refractivity contribution in [1.82, 2.24) is 4.57 Å². The number of carbonyl (C=O) groups excluding carboxylic acids is 1. The predicted octanol–water partition coefficient (Wildman–Crippen LogP) is 5.46. The highest BCUT2D eigenvalue weighted by Crippen LogP contribution is 2.27. The molecule has 6 heteroatoms. The van der Waals surface area contributed by atoms with E-state index in [1.54, 1.807) is 17.8 Å². The van der Waals surface area contributed by atoms with E-state index in [0.29, 0.717) is 28.5 Å². The fourth-order valence-electron chi connectivity index (χ4n) is 2.63. The SMILES string of the molecule is C=CCn1c(=NC(=O)CCSc2ccccc2)sc2ccc(Cl)c(C)c21. The molecule has 1 amide bonds. The van der Waals surface area contributed by atoms with E-state index < -0.39 is 0 Å². The second kappa shape index (κ2) is 8.71. The molecule has 26 heavy (non-hydrogen) atoms. The number of aromatic nitrogens is 1. The third-order valence-electron chi connectivity index (χ3n) is 3.89. The smallest absolute Gasteiger partial charge is 0.249 e. The van der Waals surface area contributed by atoms with Crippen LogP contribution in [0.5, 0.6) is 0 Å². The summed E-state index contributed by atoms with van der Waals surface area (Å²) in [6.45, 7) is 6.39. The molecule has 0 saturated heterocycles. The first-order chi connectivity index (χ1) is 12.6. The minimum atomic E-state index is -0.110. The van der Waals surface area contributed by atoms with Gasteiger partial charge in [-0.05, 0) is 36.8 Å². The second-order valence-corrected chi connectivity index (χ2v) is 8.30. The Balaban J connectivity index is 1.84. The van der Waals surface area contributed by atoms with Crippen LogP contribution in [0.2, 0.25) is 5.02 Å². The van der Waals surface area contributed by atoms with Crippen LogP contribution >= 0.6 is 34.7 Å². The van der Waals surface area contributed by atoms with Crippen molar-refractivity contribution >= 4 is 50.8 Å². The number of thiazole rings is 1. The fraction of sp³-hybridized carbons (Fsp3) is 0.200. The third-order valence-corrected chi connectivity index (χ3v) is 6.36. The van der Waals surface area contributed by atoms with Crippen molar-refractivity contribution in [2.45, 2.75) is 24.8 Å². The number of thioether (sulfide) groups is 1. The molecule has 2 aromatic carbocycles. The van der Waals surface area contributed by atoms with Crippen LogP contribution in [0.1, 0.15) is 12.0 Å². The van der Waals surface area contributed by atoms with Crippen LogP contribution in [0.4, 0.5) is 0 Å². The van der Waals surface area contributed by atoms with Crippen LogP contribution in [0.15, 0.2) is 65.0 Å². The number of hydrogen-bond acceptors (Lipinski definition) is 3.